The Balaban J connectivity index is 1.52. The van der Waals surface area contributed by atoms with Gasteiger partial charge >= 0.3 is 0 Å². The molecular weight excluding hydrogens is 406 g/mol. The standard InChI is InChI=1S/C22H22ClN3O2S/c1-26(17-7-3-2-4-8-17)13-6-12-24-21(27)16-10-11-18(23)19(15-16)25-22(28)20-9-5-14-29-20/h2-5,7-11,14-15H,6,12-13H2,1H3,(H,24,27)(H,25,28). The van der Waals surface area contributed by atoms with Crippen LogP contribution in [-0.2, 0) is 0 Å². The molecule has 2 aromatic carbocycles. The van der Waals surface area contributed by atoms with E-state index < -0.39 is 0 Å². The van der Waals surface area contributed by atoms with Gasteiger partial charge in [0.15, 0.2) is 0 Å². The summed E-state index contributed by atoms with van der Waals surface area (Å²) >= 11 is 7.52. The van der Waals surface area contributed by atoms with Crippen molar-refractivity contribution in [3.8, 4) is 0 Å². The Kier molecular flexibility index (Phi) is 7.27. The molecule has 0 atom stereocenters. The minimum atomic E-state index is -0.247. The van der Waals surface area contributed by atoms with E-state index in [4.69, 9.17) is 11.6 Å². The number of para-hydroxylation sites is 1. The third kappa shape index (κ3) is 5.82. The SMILES string of the molecule is CN(CCCNC(=O)c1ccc(Cl)c(NC(=O)c2cccs2)c1)c1ccccc1. The molecule has 0 saturated carbocycles. The molecule has 7 heteroatoms. The van der Waals surface area contributed by atoms with Gasteiger partial charge in [0.25, 0.3) is 11.8 Å². The summed E-state index contributed by atoms with van der Waals surface area (Å²) in [5.41, 5.74) is 2.01. The van der Waals surface area contributed by atoms with E-state index in [0.717, 1.165) is 18.7 Å². The van der Waals surface area contributed by atoms with Gasteiger partial charge < -0.3 is 15.5 Å². The van der Waals surface area contributed by atoms with Crippen LogP contribution < -0.4 is 15.5 Å². The molecule has 150 valence electrons. The first-order valence-electron chi connectivity index (χ1n) is 9.23. The maximum atomic E-state index is 12.5. The van der Waals surface area contributed by atoms with Crippen molar-refractivity contribution < 1.29 is 9.59 Å². The van der Waals surface area contributed by atoms with E-state index >= 15 is 0 Å². The van der Waals surface area contributed by atoms with Crippen molar-refractivity contribution in [2.75, 3.05) is 30.4 Å². The highest BCUT2D eigenvalue weighted by molar-refractivity contribution is 7.12. The van der Waals surface area contributed by atoms with Crippen molar-refractivity contribution in [1.82, 2.24) is 5.32 Å². The molecule has 2 N–H and O–H groups in total. The lowest BCUT2D eigenvalue weighted by Gasteiger charge is -2.19. The van der Waals surface area contributed by atoms with Crippen molar-refractivity contribution >= 4 is 46.1 Å². The molecule has 1 heterocycles. The first-order valence-corrected chi connectivity index (χ1v) is 10.5. The Labute approximate surface area is 179 Å². The number of carbonyl (C=O) groups is 2. The molecular formula is C22H22ClN3O2S. The number of amides is 2. The monoisotopic (exact) mass is 427 g/mol. The molecule has 29 heavy (non-hydrogen) atoms. The van der Waals surface area contributed by atoms with Gasteiger partial charge in [-0.05, 0) is 48.2 Å². The second-order valence-electron chi connectivity index (χ2n) is 6.49. The second kappa shape index (κ2) is 10.1. The zero-order valence-electron chi connectivity index (χ0n) is 16.0. The number of rotatable bonds is 8. The number of nitrogens with one attached hydrogen (secondary N) is 2. The molecule has 0 spiro atoms. The number of nitrogens with zero attached hydrogens (tertiary/aromatic N) is 1. The zero-order chi connectivity index (χ0) is 20.6. The lowest BCUT2D eigenvalue weighted by atomic mass is 10.2. The number of carbonyl (C=O) groups excluding carboxylic acids is 2. The lowest BCUT2D eigenvalue weighted by molar-refractivity contribution is 0.0952. The number of hydrogen-bond acceptors (Lipinski definition) is 4. The zero-order valence-corrected chi connectivity index (χ0v) is 17.6. The van der Waals surface area contributed by atoms with Crippen LogP contribution in [0.15, 0.2) is 66.0 Å². The van der Waals surface area contributed by atoms with Gasteiger partial charge in [-0.25, -0.2) is 0 Å². The quantitative estimate of drug-likeness (QED) is 0.502. The topological polar surface area (TPSA) is 61.4 Å². The molecule has 0 aliphatic heterocycles. The number of hydrogen-bond donors (Lipinski definition) is 2. The smallest absolute Gasteiger partial charge is 0.265 e. The Bertz CT molecular complexity index is 961. The van der Waals surface area contributed by atoms with E-state index in [1.165, 1.54) is 11.3 Å². The minimum Gasteiger partial charge on any atom is -0.375 e. The van der Waals surface area contributed by atoms with Crippen molar-refractivity contribution in [2.24, 2.45) is 0 Å². The fraction of sp³-hybridized carbons (Fsp3) is 0.182. The van der Waals surface area contributed by atoms with Crippen molar-refractivity contribution in [3.05, 3.63) is 81.5 Å². The fourth-order valence-electron chi connectivity index (χ4n) is 2.79. The summed E-state index contributed by atoms with van der Waals surface area (Å²) in [5, 5.41) is 7.89. The predicted octanol–water partition coefficient (Wildman–Crippen LogP) is 4.91. The molecule has 5 nitrogen and oxygen atoms in total. The molecule has 3 rings (SSSR count). The van der Waals surface area contributed by atoms with Gasteiger partial charge in [-0.1, -0.05) is 35.9 Å². The molecule has 3 aromatic rings. The van der Waals surface area contributed by atoms with Crippen LogP contribution in [-0.4, -0.2) is 32.0 Å². The lowest BCUT2D eigenvalue weighted by Crippen LogP contribution is -2.28. The molecule has 2 amide bonds. The van der Waals surface area contributed by atoms with Crippen LogP contribution in [0.3, 0.4) is 0 Å². The summed E-state index contributed by atoms with van der Waals surface area (Å²) in [6.45, 7) is 1.38. The van der Waals surface area contributed by atoms with E-state index in [9.17, 15) is 9.59 Å². The Morgan fingerprint density at radius 1 is 1.03 bits per heavy atom. The molecule has 0 radical (unpaired) electrons. The number of halogens is 1. The first-order chi connectivity index (χ1) is 14.0. The average molecular weight is 428 g/mol. The normalized spacial score (nSPS) is 10.4. The summed E-state index contributed by atoms with van der Waals surface area (Å²) in [6.07, 6.45) is 0.812. The maximum absolute atomic E-state index is 12.5. The van der Waals surface area contributed by atoms with Gasteiger partial charge in [0.05, 0.1) is 15.6 Å². The van der Waals surface area contributed by atoms with Crippen molar-refractivity contribution in [2.45, 2.75) is 6.42 Å². The minimum absolute atomic E-state index is 0.198. The Morgan fingerprint density at radius 3 is 2.55 bits per heavy atom. The first kappa shape index (κ1) is 20.9. The van der Waals surface area contributed by atoms with Crippen LogP contribution in [0.25, 0.3) is 0 Å². The third-order valence-electron chi connectivity index (χ3n) is 4.37. The van der Waals surface area contributed by atoms with E-state index in [1.54, 1.807) is 30.3 Å². The van der Waals surface area contributed by atoms with Gasteiger partial charge in [-0.2, -0.15) is 0 Å². The Morgan fingerprint density at radius 2 is 1.83 bits per heavy atom. The number of thiophene rings is 1. The molecule has 1 aromatic heterocycles. The highest BCUT2D eigenvalue weighted by atomic mass is 35.5. The molecule has 0 aliphatic rings. The van der Waals surface area contributed by atoms with Gasteiger partial charge in [-0.15, -0.1) is 11.3 Å². The Hall–Kier alpha value is -2.83. The van der Waals surface area contributed by atoms with E-state index in [0.29, 0.717) is 27.7 Å². The average Bonchev–Trinajstić information content (AvgIpc) is 3.28. The molecule has 0 saturated heterocycles. The number of anilines is 2. The summed E-state index contributed by atoms with van der Waals surface area (Å²) < 4.78 is 0. The highest BCUT2D eigenvalue weighted by Crippen LogP contribution is 2.24. The van der Waals surface area contributed by atoms with Crippen LogP contribution >= 0.6 is 22.9 Å². The number of benzene rings is 2. The van der Waals surface area contributed by atoms with Gasteiger partial charge in [-0.3, -0.25) is 9.59 Å². The molecule has 0 fully saturated rings. The largest absolute Gasteiger partial charge is 0.375 e. The summed E-state index contributed by atoms with van der Waals surface area (Å²) in [6, 6.07) is 18.5. The molecule has 0 bridgehead atoms. The van der Waals surface area contributed by atoms with Crippen LogP contribution in [0.1, 0.15) is 26.5 Å². The van der Waals surface area contributed by atoms with E-state index in [1.807, 2.05) is 30.6 Å². The van der Waals surface area contributed by atoms with Gasteiger partial charge in [0, 0.05) is 31.4 Å². The predicted molar refractivity (Wildman–Crippen MR) is 120 cm³/mol. The highest BCUT2D eigenvalue weighted by Gasteiger charge is 2.13. The van der Waals surface area contributed by atoms with Crippen LogP contribution in [0, 0.1) is 0 Å². The second-order valence-corrected chi connectivity index (χ2v) is 7.85. The third-order valence-corrected chi connectivity index (χ3v) is 5.57. The summed E-state index contributed by atoms with van der Waals surface area (Å²) in [7, 11) is 2.03. The molecule has 0 aliphatic carbocycles. The fourth-order valence-corrected chi connectivity index (χ4v) is 3.57. The van der Waals surface area contributed by atoms with Crippen molar-refractivity contribution in [1.29, 1.82) is 0 Å². The van der Waals surface area contributed by atoms with Crippen LogP contribution in [0.2, 0.25) is 5.02 Å². The van der Waals surface area contributed by atoms with E-state index in [-0.39, 0.29) is 11.8 Å². The van der Waals surface area contributed by atoms with Gasteiger partial charge in [0.2, 0.25) is 0 Å². The van der Waals surface area contributed by atoms with Crippen molar-refractivity contribution in [3.63, 3.8) is 0 Å². The maximum Gasteiger partial charge on any atom is 0.265 e. The van der Waals surface area contributed by atoms with Crippen LogP contribution in [0.5, 0.6) is 0 Å². The summed E-state index contributed by atoms with van der Waals surface area (Å²) in [4.78, 5) is 27.4. The molecule has 0 unspecified atom stereocenters. The van der Waals surface area contributed by atoms with Crippen LogP contribution in [0.4, 0.5) is 11.4 Å². The summed E-state index contributed by atoms with van der Waals surface area (Å²) in [5.74, 6) is -0.445. The van der Waals surface area contributed by atoms with E-state index in [2.05, 4.69) is 27.7 Å². The van der Waals surface area contributed by atoms with Gasteiger partial charge in [0.1, 0.15) is 0 Å².